The Balaban J connectivity index is 1.87. The van der Waals surface area contributed by atoms with Gasteiger partial charge in [0.05, 0.1) is 18.9 Å². The standard InChI is InChI=1S/C14H20N2O2S/c1-18-13-5-3-2-4-12(13)16-14(19)15-10-6-8-11(17)9-7-10/h2-5,10-11,17H,6-9H2,1H3,(H2,15,16,19). The van der Waals surface area contributed by atoms with Crippen LogP contribution >= 0.6 is 12.2 Å². The number of ether oxygens (including phenoxy) is 1. The molecule has 2 rings (SSSR count). The highest BCUT2D eigenvalue weighted by atomic mass is 32.1. The first-order chi connectivity index (χ1) is 9.19. The van der Waals surface area contributed by atoms with E-state index in [0.29, 0.717) is 11.2 Å². The van der Waals surface area contributed by atoms with E-state index in [-0.39, 0.29) is 6.10 Å². The summed E-state index contributed by atoms with van der Waals surface area (Å²) in [5.74, 6) is 0.769. The molecule has 104 valence electrons. The fourth-order valence-electron chi connectivity index (χ4n) is 2.31. The maximum absolute atomic E-state index is 9.47. The Bertz CT molecular complexity index is 431. The van der Waals surface area contributed by atoms with Gasteiger partial charge in [-0.25, -0.2) is 0 Å². The number of para-hydroxylation sites is 2. The third-order valence-electron chi connectivity index (χ3n) is 3.39. The number of hydrogen-bond acceptors (Lipinski definition) is 3. The highest BCUT2D eigenvalue weighted by Crippen LogP contribution is 2.23. The van der Waals surface area contributed by atoms with Gasteiger partial charge in [0.15, 0.2) is 5.11 Å². The van der Waals surface area contributed by atoms with Crippen molar-refractivity contribution in [2.45, 2.75) is 37.8 Å². The Morgan fingerprint density at radius 2 is 1.95 bits per heavy atom. The zero-order valence-corrected chi connectivity index (χ0v) is 11.9. The van der Waals surface area contributed by atoms with E-state index in [1.165, 1.54) is 0 Å². The predicted molar refractivity (Wildman–Crippen MR) is 80.6 cm³/mol. The lowest BCUT2D eigenvalue weighted by molar-refractivity contribution is 0.120. The summed E-state index contributed by atoms with van der Waals surface area (Å²) < 4.78 is 5.27. The smallest absolute Gasteiger partial charge is 0.171 e. The molecule has 0 saturated heterocycles. The molecule has 1 aliphatic rings. The molecule has 1 fully saturated rings. The Morgan fingerprint density at radius 3 is 2.63 bits per heavy atom. The van der Waals surface area contributed by atoms with Gasteiger partial charge in [0.25, 0.3) is 0 Å². The molecule has 0 unspecified atom stereocenters. The van der Waals surface area contributed by atoms with Crippen molar-refractivity contribution in [2.24, 2.45) is 0 Å². The Labute approximate surface area is 119 Å². The Morgan fingerprint density at radius 1 is 1.26 bits per heavy atom. The van der Waals surface area contributed by atoms with Gasteiger partial charge >= 0.3 is 0 Å². The number of aliphatic hydroxyl groups is 1. The minimum absolute atomic E-state index is 0.145. The molecule has 0 radical (unpaired) electrons. The number of methoxy groups -OCH3 is 1. The van der Waals surface area contributed by atoms with Gasteiger partial charge in [0.1, 0.15) is 5.75 Å². The molecule has 0 atom stereocenters. The number of thiocarbonyl (C=S) groups is 1. The van der Waals surface area contributed by atoms with Crippen molar-refractivity contribution >= 4 is 23.0 Å². The summed E-state index contributed by atoms with van der Waals surface area (Å²) in [7, 11) is 1.64. The fourth-order valence-corrected chi connectivity index (χ4v) is 2.59. The number of nitrogens with one attached hydrogen (secondary N) is 2. The van der Waals surface area contributed by atoms with Crippen LogP contribution in [0.25, 0.3) is 0 Å². The number of aliphatic hydroxyl groups excluding tert-OH is 1. The lowest BCUT2D eigenvalue weighted by Crippen LogP contribution is -2.40. The van der Waals surface area contributed by atoms with E-state index >= 15 is 0 Å². The molecule has 0 aromatic heterocycles. The van der Waals surface area contributed by atoms with Crippen LogP contribution in [0.4, 0.5) is 5.69 Å². The van der Waals surface area contributed by atoms with Crippen LogP contribution in [0.1, 0.15) is 25.7 Å². The highest BCUT2D eigenvalue weighted by Gasteiger charge is 2.19. The number of benzene rings is 1. The van der Waals surface area contributed by atoms with Crippen molar-refractivity contribution in [2.75, 3.05) is 12.4 Å². The molecule has 1 aromatic carbocycles. The van der Waals surface area contributed by atoms with Gasteiger partial charge < -0.3 is 20.5 Å². The second kappa shape index (κ2) is 6.73. The summed E-state index contributed by atoms with van der Waals surface area (Å²) >= 11 is 5.31. The molecule has 5 heteroatoms. The van der Waals surface area contributed by atoms with Gasteiger partial charge in [-0.1, -0.05) is 12.1 Å². The van der Waals surface area contributed by atoms with Crippen molar-refractivity contribution in [3.05, 3.63) is 24.3 Å². The molecule has 0 spiro atoms. The van der Waals surface area contributed by atoms with Crippen molar-refractivity contribution in [1.82, 2.24) is 5.32 Å². The van der Waals surface area contributed by atoms with E-state index in [2.05, 4.69) is 10.6 Å². The summed E-state index contributed by atoms with van der Waals surface area (Å²) in [5, 5.41) is 16.5. The van der Waals surface area contributed by atoms with Crippen LogP contribution in [0.15, 0.2) is 24.3 Å². The maximum atomic E-state index is 9.47. The quantitative estimate of drug-likeness (QED) is 0.742. The van der Waals surface area contributed by atoms with Gasteiger partial charge in [-0.2, -0.15) is 0 Å². The molecular weight excluding hydrogens is 260 g/mol. The fraction of sp³-hybridized carbons (Fsp3) is 0.500. The van der Waals surface area contributed by atoms with Crippen molar-refractivity contribution in [3.63, 3.8) is 0 Å². The predicted octanol–water partition coefficient (Wildman–Crippen LogP) is 2.29. The topological polar surface area (TPSA) is 53.5 Å². The number of anilines is 1. The van der Waals surface area contributed by atoms with E-state index in [9.17, 15) is 5.11 Å². The largest absolute Gasteiger partial charge is 0.495 e. The SMILES string of the molecule is COc1ccccc1NC(=S)NC1CCC(O)CC1. The van der Waals surface area contributed by atoms with Crippen molar-refractivity contribution < 1.29 is 9.84 Å². The monoisotopic (exact) mass is 280 g/mol. The van der Waals surface area contributed by atoms with Crippen LogP contribution in [0.5, 0.6) is 5.75 Å². The summed E-state index contributed by atoms with van der Waals surface area (Å²) in [6, 6.07) is 8.02. The molecule has 0 heterocycles. The zero-order chi connectivity index (χ0) is 13.7. The third-order valence-corrected chi connectivity index (χ3v) is 3.61. The first kappa shape index (κ1) is 14.1. The van der Waals surface area contributed by atoms with Crippen LogP contribution in [0.2, 0.25) is 0 Å². The van der Waals surface area contributed by atoms with Crippen LogP contribution in [0.3, 0.4) is 0 Å². The highest BCUT2D eigenvalue weighted by molar-refractivity contribution is 7.80. The van der Waals surface area contributed by atoms with Gasteiger partial charge in [-0.15, -0.1) is 0 Å². The molecule has 19 heavy (non-hydrogen) atoms. The van der Waals surface area contributed by atoms with Crippen LogP contribution in [-0.4, -0.2) is 29.5 Å². The van der Waals surface area contributed by atoms with E-state index in [4.69, 9.17) is 17.0 Å². The molecule has 1 aromatic rings. The molecule has 0 amide bonds. The van der Waals surface area contributed by atoms with Gasteiger partial charge in [-0.05, 0) is 50.0 Å². The van der Waals surface area contributed by atoms with Gasteiger partial charge in [0, 0.05) is 6.04 Å². The normalized spacial score (nSPS) is 22.6. The molecule has 1 aliphatic carbocycles. The molecule has 4 nitrogen and oxygen atoms in total. The second-order valence-electron chi connectivity index (χ2n) is 4.80. The molecule has 3 N–H and O–H groups in total. The molecular formula is C14H20N2O2S. The van der Waals surface area contributed by atoms with Crippen LogP contribution in [0, 0.1) is 0 Å². The maximum Gasteiger partial charge on any atom is 0.171 e. The van der Waals surface area contributed by atoms with E-state index < -0.39 is 0 Å². The summed E-state index contributed by atoms with van der Waals surface area (Å²) in [6.45, 7) is 0. The third kappa shape index (κ3) is 4.08. The first-order valence-corrected chi connectivity index (χ1v) is 6.98. The summed E-state index contributed by atoms with van der Waals surface area (Å²) in [6.07, 6.45) is 3.45. The minimum Gasteiger partial charge on any atom is -0.495 e. The minimum atomic E-state index is -0.145. The van der Waals surface area contributed by atoms with Crippen molar-refractivity contribution in [3.8, 4) is 5.75 Å². The van der Waals surface area contributed by atoms with E-state index in [1.807, 2.05) is 24.3 Å². The lowest BCUT2D eigenvalue weighted by atomic mass is 9.93. The van der Waals surface area contributed by atoms with E-state index in [1.54, 1.807) is 7.11 Å². The second-order valence-corrected chi connectivity index (χ2v) is 5.21. The molecule has 0 aliphatic heterocycles. The van der Waals surface area contributed by atoms with Crippen LogP contribution in [-0.2, 0) is 0 Å². The number of rotatable bonds is 3. The summed E-state index contributed by atoms with van der Waals surface area (Å²) in [5.41, 5.74) is 0.860. The Kier molecular flexibility index (Phi) is 4.99. The zero-order valence-electron chi connectivity index (χ0n) is 11.1. The average molecular weight is 280 g/mol. The summed E-state index contributed by atoms with van der Waals surface area (Å²) in [4.78, 5) is 0. The van der Waals surface area contributed by atoms with Crippen LogP contribution < -0.4 is 15.4 Å². The number of hydrogen-bond donors (Lipinski definition) is 3. The molecule has 1 saturated carbocycles. The molecule has 0 bridgehead atoms. The average Bonchev–Trinajstić information content (AvgIpc) is 2.42. The van der Waals surface area contributed by atoms with Gasteiger partial charge in [-0.3, -0.25) is 0 Å². The first-order valence-electron chi connectivity index (χ1n) is 6.57. The lowest BCUT2D eigenvalue weighted by Gasteiger charge is -2.27. The van der Waals surface area contributed by atoms with Crippen molar-refractivity contribution in [1.29, 1.82) is 0 Å². The van der Waals surface area contributed by atoms with Gasteiger partial charge in [0.2, 0.25) is 0 Å². The van der Waals surface area contributed by atoms with E-state index in [0.717, 1.165) is 37.1 Å². The Hall–Kier alpha value is -1.33.